The van der Waals surface area contributed by atoms with E-state index in [4.69, 9.17) is 5.26 Å². The van der Waals surface area contributed by atoms with Crippen LogP contribution < -0.4 is 4.72 Å². The van der Waals surface area contributed by atoms with Crippen LogP contribution in [0.2, 0.25) is 0 Å². The van der Waals surface area contributed by atoms with Crippen LogP contribution in [0.1, 0.15) is 23.6 Å². The molecule has 0 heterocycles. The molecule has 2 aromatic carbocycles. The van der Waals surface area contributed by atoms with Crippen molar-refractivity contribution in [2.75, 3.05) is 4.72 Å². The molecule has 2 rings (SSSR count). The summed E-state index contributed by atoms with van der Waals surface area (Å²) in [6, 6.07) is 15.9. The molecule has 2 aromatic rings. The molecule has 0 aliphatic rings. The van der Waals surface area contributed by atoms with Crippen molar-refractivity contribution in [1.82, 2.24) is 0 Å². The number of sulfonamides is 1. The van der Waals surface area contributed by atoms with Crippen molar-refractivity contribution in [3.8, 4) is 6.07 Å². The van der Waals surface area contributed by atoms with E-state index in [-0.39, 0.29) is 5.75 Å². The van der Waals surface area contributed by atoms with Gasteiger partial charge in [-0.15, -0.1) is 0 Å². The Labute approximate surface area is 125 Å². The molecule has 0 aliphatic heterocycles. The van der Waals surface area contributed by atoms with Crippen LogP contribution in [0.25, 0.3) is 0 Å². The molecular formula is C16H16N2O2S. The van der Waals surface area contributed by atoms with Gasteiger partial charge in [-0.1, -0.05) is 31.2 Å². The molecule has 0 saturated heterocycles. The van der Waals surface area contributed by atoms with Crippen molar-refractivity contribution in [3.05, 3.63) is 65.2 Å². The van der Waals surface area contributed by atoms with Crippen LogP contribution in [-0.2, 0) is 22.2 Å². The van der Waals surface area contributed by atoms with Crippen LogP contribution in [0.4, 0.5) is 5.69 Å². The Bertz CT molecular complexity index is 742. The van der Waals surface area contributed by atoms with Gasteiger partial charge in [0.25, 0.3) is 0 Å². The fourth-order valence-corrected chi connectivity index (χ4v) is 3.12. The van der Waals surface area contributed by atoms with Gasteiger partial charge in [-0.3, -0.25) is 4.72 Å². The van der Waals surface area contributed by atoms with Gasteiger partial charge in [-0.2, -0.15) is 5.26 Å². The first-order chi connectivity index (χ1) is 10.0. The smallest absolute Gasteiger partial charge is 0.236 e. The molecule has 1 N–H and O–H groups in total. The summed E-state index contributed by atoms with van der Waals surface area (Å²) in [7, 11) is -3.46. The summed E-state index contributed by atoms with van der Waals surface area (Å²) in [5.74, 6) is -0.117. The fourth-order valence-electron chi connectivity index (χ4n) is 1.92. The summed E-state index contributed by atoms with van der Waals surface area (Å²) in [6.45, 7) is 2.05. The minimum Gasteiger partial charge on any atom is -0.283 e. The topological polar surface area (TPSA) is 70.0 Å². The highest BCUT2D eigenvalue weighted by molar-refractivity contribution is 7.91. The highest BCUT2D eigenvalue weighted by Gasteiger charge is 2.11. The predicted octanol–water partition coefficient (Wildman–Crippen LogP) is 3.06. The molecule has 5 heteroatoms. The van der Waals surface area contributed by atoms with Crippen molar-refractivity contribution in [3.63, 3.8) is 0 Å². The van der Waals surface area contributed by atoms with Crippen molar-refractivity contribution in [2.24, 2.45) is 0 Å². The quantitative estimate of drug-likeness (QED) is 0.922. The average Bonchev–Trinajstić information content (AvgIpc) is 2.48. The van der Waals surface area contributed by atoms with Gasteiger partial charge in [-0.05, 0) is 41.8 Å². The van der Waals surface area contributed by atoms with Gasteiger partial charge in [-0.25, -0.2) is 8.42 Å². The number of hydrogen-bond acceptors (Lipinski definition) is 3. The molecule has 0 aliphatic carbocycles. The minimum absolute atomic E-state index is 0.117. The zero-order valence-electron chi connectivity index (χ0n) is 11.7. The van der Waals surface area contributed by atoms with Gasteiger partial charge < -0.3 is 0 Å². The molecule has 0 radical (unpaired) electrons. The van der Waals surface area contributed by atoms with Crippen LogP contribution in [-0.4, -0.2) is 8.42 Å². The first-order valence-electron chi connectivity index (χ1n) is 6.61. The van der Waals surface area contributed by atoms with Gasteiger partial charge in [0.2, 0.25) is 10.0 Å². The van der Waals surface area contributed by atoms with E-state index < -0.39 is 10.0 Å². The summed E-state index contributed by atoms with van der Waals surface area (Å²) >= 11 is 0. The summed E-state index contributed by atoms with van der Waals surface area (Å²) in [5.41, 5.74) is 2.87. The Balaban J connectivity index is 2.08. The third-order valence-corrected chi connectivity index (χ3v) is 4.34. The molecule has 0 saturated carbocycles. The lowest BCUT2D eigenvalue weighted by Crippen LogP contribution is -2.15. The van der Waals surface area contributed by atoms with Crippen molar-refractivity contribution < 1.29 is 8.42 Å². The van der Waals surface area contributed by atoms with Gasteiger partial charge in [0.05, 0.1) is 17.4 Å². The Kier molecular flexibility index (Phi) is 4.61. The van der Waals surface area contributed by atoms with E-state index in [0.717, 1.165) is 12.0 Å². The summed E-state index contributed by atoms with van der Waals surface area (Å²) in [6.07, 6.45) is 0.915. The number of anilines is 1. The molecule has 0 amide bonds. The second-order valence-electron chi connectivity index (χ2n) is 4.72. The third-order valence-electron chi connectivity index (χ3n) is 3.08. The van der Waals surface area contributed by atoms with Gasteiger partial charge in [0, 0.05) is 5.69 Å². The number of nitriles is 1. The largest absolute Gasteiger partial charge is 0.283 e. The Morgan fingerprint density at radius 2 is 1.57 bits per heavy atom. The van der Waals surface area contributed by atoms with Crippen LogP contribution in [0.15, 0.2) is 48.5 Å². The Morgan fingerprint density at radius 1 is 1.00 bits per heavy atom. The van der Waals surface area contributed by atoms with E-state index in [2.05, 4.69) is 4.72 Å². The van der Waals surface area contributed by atoms with Crippen LogP contribution >= 0.6 is 0 Å². The molecule has 108 valence electrons. The normalized spacial score (nSPS) is 10.9. The van der Waals surface area contributed by atoms with Gasteiger partial charge in [0.1, 0.15) is 0 Å². The summed E-state index contributed by atoms with van der Waals surface area (Å²) in [4.78, 5) is 0. The molecule has 4 nitrogen and oxygen atoms in total. The monoisotopic (exact) mass is 300 g/mol. The van der Waals surface area contributed by atoms with E-state index in [1.807, 2.05) is 25.1 Å². The molecule has 0 fully saturated rings. The zero-order chi connectivity index (χ0) is 15.3. The predicted molar refractivity (Wildman–Crippen MR) is 83.2 cm³/mol. The van der Waals surface area contributed by atoms with E-state index in [1.54, 1.807) is 36.4 Å². The average molecular weight is 300 g/mol. The van der Waals surface area contributed by atoms with Crippen LogP contribution in [0.5, 0.6) is 0 Å². The first kappa shape index (κ1) is 15.1. The second-order valence-corrected chi connectivity index (χ2v) is 6.44. The van der Waals surface area contributed by atoms with Crippen molar-refractivity contribution in [2.45, 2.75) is 19.1 Å². The van der Waals surface area contributed by atoms with Gasteiger partial charge in [0.15, 0.2) is 0 Å². The number of nitrogens with zero attached hydrogens (tertiary/aromatic N) is 1. The molecule has 21 heavy (non-hydrogen) atoms. The minimum atomic E-state index is -3.46. The summed E-state index contributed by atoms with van der Waals surface area (Å²) < 4.78 is 26.8. The number of aryl methyl sites for hydroxylation is 1. The zero-order valence-corrected chi connectivity index (χ0v) is 12.5. The van der Waals surface area contributed by atoms with Crippen LogP contribution in [0.3, 0.4) is 0 Å². The van der Waals surface area contributed by atoms with Crippen molar-refractivity contribution in [1.29, 1.82) is 5.26 Å². The number of benzene rings is 2. The fraction of sp³-hybridized carbons (Fsp3) is 0.188. The maximum absolute atomic E-state index is 12.1. The molecule has 0 spiro atoms. The SMILES string of the molecule is CCc1ccc(NS(=O)(=O)Cc2ccc(C#N)cc2)cc1. The lowest BCUT2D eigenvalue weighted by molar-refractivity contribution is 0.600. The van der Waals surface area contributed by atoms with Crippen molar-refractivity contribution >= 4 is 15.7 Å². The molecule has 0 bridgehead atoms. The lowest BCUT2D eigenvalue weighted by Gasteiger charge is -2.08. The third kappa shape index (κ3) is 4.33. The number of nitrogens with one attached hydrogen (secondary N) is 1. The molecular weight excluding hydrogens is 284 g/mol. The maximum atomic E-state index is 12.1. The summed E-state index contributed by atoms with van der Waals surface area (Å²) in [5, 5.41) is 8.72. The molecule has 0 unspecified atom stereocenters. The standard InChI is InChI=1S/C16H16N2O2S/c1-2-13-7-9-16(10-8-13)18-21(19,20)12-15-5-3-14(11-17)4-6-15/h3-10,18H,2,12H2,1H3. The first-order valence-corrected chi connectivity index (χ1v) is 8.26. The van der Waals surface area contributed by atoms with Gasteiger partial charge >= 0.3 is 0 Å². The highest BCUT2D eigenvalue weighted by atomic mass is 32.2. The second kappa shape index (κ2) is 6.42. The highest BCUT2D eigenvalue weighted by Crippen LogP contribution is 2.14. The van der Waals surface area contributed by atoms with Crippen LogP contribution in [0, 0.1) is 11.3 Å². The van der Waals surface area contributed by atoms with E-state index >= 15 is 0 Å². The molecule has 0 aromatic heterocycles. The number of rotatable bonds is 5. The number of hydrogen-bond donors (Lipinski definition) is 1. The van der Waals surface area contributed by atoms with E-state index in [0.29, 0.717) is 16.8 Å². The van der Waals surface area contributed by atoms with E-state index in [1.165, 1.54) is 0 Å². The Morgan fingerprint density at radius 3 is 2.10 bits per heavy atom. The van der Waals surface area contributed by atoms with E-state index in [9.17, 15) is 8.42 Å². The molecule has 0 atom stereocenters. The maximum Gasteiger partial charge on any atom is 0.236 e. The lowest BCUT2D eigenvalue weighted by atomic mass is 10.2. The Hall–Kier alpha value is -2.32.